The maximum absolute atomic E-state index is 12.1. The van der Waals surface area contributed by atoms with Crippen LogP contribution < -0.4 is 15.5 Å². The van der Waals surface area contributed by atoms with Crippen LogP contribution in [-0.2, 0) is 4.74 Å². The van der Waals surface area contributed by atoms with Crippen LogP contribution in [0.2, 0.25) is 0 Å². The summed E-state index contributed by atoms with van der Waals surface area (Å²) < 4.78 is 5.32. The molecular formula is C13H20N4O2. The van der Waals surface area contributed by atoms with E-state index < -0.39 is 0 Å². The van der Waals surface area contributed by atoms with Crippen molar-refractivity contribution in [1.82, 2.24) is 15.6 Å². The lowest BCUT2D eigenvalue weighted by atomic mass is 10.2. The van der Waals surface area contributed by atoms with Crippen LogP contribution in [0.25, 0.3) is 0 Å². The fraction of sp³-hybridized carbons (Fsp3) is 0.538. The van der Waals surface area contributed by atoms with Gasteiger partial charge >= 0.3 is 0 Å². The minimum Gasteiger partial charge on any atom is -0.378 e. The minimum atomic E-state index is -0.0789. The molecule has 0 aromatic carbocycles. The molecule has 104 valence electrons. The summed E-state index contributed by atoms with van der Waals surface area (Å²) >= 11 is 0. The van der Waals surface area contributed by atoms with E-state index in [1.54, 1.807) is 12.3 Å². The third-order valence-electron chi connectivity index (χ3n) is 3.00. The topological polar surface area (TPSA) is 66.5 Å². The number of pyridine rings is 1. The lowest BCUT2D eigenvalue weighted by Crippen LogP contribution is -2.39. The zero-order chi connectivity index (χ0) is 13.5. The van der Waals surface area contributed by atoms with Gasteiger partial charge in [-0.1, -0.05) is 0 Å². The first-order valence-electron chi connectivity index (χ1n) is 6.53. The molecule has 1 aromatic rings. The van der Waals surface area contributed by atoms with Crippen molar-refractivity contribution in [1.29, 1.82) is 0 Å². The van der Waals surface area contributed by atoms with Crippen LogP contribution in [0.1, 0.15) is 10.4 Å². The average Bonchev–Trinajstić information content (AvgIpc) is 2.48. The summed E-state index contributed by atoms with van der Waals surface area (Å²) in [5.41, 5.74) is 0.625. The van der Waals surface area contributed by atoms with Gasteiger partial charge in [0.05, 0.1) is 18.8 Å². The molecule has 0 atom stereocenters. The number of nitrogens with one attached hydrogen (secondary N) is 2. The number of carbonyl (C=O) groups excluding carboxylic acids is 1. The largest absolute Gasteiger partial charge is 0.378 e. The van der Waals surface area contributed by atoms with Crippen molar-refractivity contribution in [3.8, 4) is 0 Å². The Morgan fingerprint density at radius 2 is 2.21 bits per heavy atom. The molecule has 0 unspecified atom stereocenters. The Morgan fingerprint density at radius 3 is 2.95 bits per heavy atom. The number of ether oxygens (including phenoxy) is 1. The fourth-order valence-corrected chi connectivity index (χ4v) is 2.00. The van der Waals surface area contributed by atoms with E-state index in [4.69, 9.17) is 4.74 Å². The molecule has 1 aliphatic heterocycles. The smallest absolute Gasteiger partial charge is 0.255 e. The molecule has 0 bridgehead atoms. The van der Waals surface area contributed by atoms with Gasteiger partial charge in [0.25, 0.3) is 5.91 Å². The Labute approximate surface area is 113 Å². The zero-order valence-corrected chi connectivity index (χ0v) is 11.2. The number of anilines is 1. The normalized spacial score (nSPS) is 15.3. The monoisotopic (exact) mass is 264 g/mol. The van der Waals surface area contributed by atoms with Crippen LogP contribution in [0.15, 0.2) is 18.3 Å². The summed E-state index contributed by atoms with van der Waals surface area (Å²) in [5.74, 6) is 0.664. The molecule has 1 saturated heterocycles. The Kier molecular flexibility index (Phi) is 5.11. The molecule has 19 heavy (non-hydrogen) atoms. The molecule has 2 rings (SSSR count). The summed E-state index contributed by atoms with van der Waals surface area (Å²) in [5, 5.41) is 5.88. The molecule has 2 heterocycles. The van der Waals surface area contributed by atoms with E-state index in [1.807, 2.05) is 13.1 Å². The van der Waals surface area contributed by atoms with Gasteiger partial charge in [0.1, 0.15) is 5.82 Å². The van der Waals surface area contributed by atoms with Crippen molar-refractivity contribution in [3.63, 3.8) is 0 Å². The van der Waals surface area contributed by atoms with E-state index in [2.05, 4.69) is 20.5 Å². The predicted octanol–water partition coefficient (Wildman–Crippen LogP) is -0.133. The number of hydrogen-bond acceptors (Lipinski definition) is 5. The third kappa shape index (κ3) is 3.65. The van der Waals surface area contributed by atoms with Crippen LogP contribution in [-0.4, -0.2) is 57.3 Å². The van der Waals surface area contributed by atoms with Gasteiger partial charge in [0, 0.05) is 32.4 Å². The second kappa shape index (κ2) is 7.06. The van der Waals surface area contributed by atoms with Gasteiger partial charge in [-0.3, -0.25) is 4.79 Å². The molecule has 2 N–H and O–H groups in total. The quantitative estimate of drug-likeness (QED) is 0.725. The van der Waals surface area contributed by atoms with E-state index in [9.17, 15) is 4.79 Å². The van der Waals surface area contributed by atoms with Crippen molar-refractivity contribution in [2.45, 2.75) is 0 Å². The number of hydrogen-bond donors (Lipinski definition) is 2. The lowest BCUT2D eigenvalue weighted by molar-refractivity contribution is 0.0952. The highest BCUT2D eigenvalue weighted by molar-refractivity contribution is 5.98. The van der Waals surface area contributed by atoms with Gasteiger partial charge < -0.3 is 20.3 Å². The first kappa shape index (κ1) is 13.8. The number of carbonyl (C=O) groups is 1. The number of aromatic nitrogens is 1. The molecule has 0 saturated carbocycles. The van der Waals surface area contributed by atoms with Gasteiger partial charge in [-0.05, 0) is 19.2 Å². The van der Waals surface area contributed by atoms with E-state index >= 15 is 0 Å². The van der Waals surface area contributed by atoms with Gasteiger partial charge in [-0.25, -0.2) is 4.98 Å². The first-order valence-corrected chi connectivity index (χ1v) is 6.53. The number of nitrogens with zero attached hydrogens (tertiary/aromatic N) is 2. The maximum atomic E-state index is 12.1. The Hall–Kier alpha value is -1.66. The first-order chi connectivity index (χ1) is 9.33. The molecule has 1 aliphatic rings. The van der Waals surface area contributed by atoms with Crippen LogP contribution in [0.3, 0.4) is 0 Å². The summed E-state index contributed by atoms with van der Waals surface area (Å²) in [7, 11) is 1.86. The highest BCUT2D eigenvalue weighted by atomic mass is 16.5. The second-order valence-corrected chi connectivity index (χ2v) is 4.33. The molecule has 1 aromatic heterocycles. The van der Waals surface area contributed by atoms with E-state index in [0.29, 0.717) is 25.3 Å². The fourth-order valence-electron chi connectivity index (χ4n) is 2.00. The summed E-state index contributed by atoms with van der Waals surface area (Å²) in [4.78, 5) is 18.6. The molecule has 0 spiro atoms. The third-order valence-corrected chi connectivity index (χ3v) is 3.00. The lowest BCUT2D eigenvalue weighted by Gasteiger charge is -2.29. The van der Waals surface area contributed by atoms with Crippen molar-refractivity contribution >= 4 is 11.7 Å². The molecule has 1 amide bonds. The van der Waals surface area contributed by atoms with Crippen molar-refractivity contribution < 1.29 is 9.53 Å². The molecule has 0 aliphatic carbocycles. The van der Waals surface area contributed by atoms with Crippen LogP contribution >= 0.6 is 0 Å². The van der Waals surface area contributed by atoms with Gasteiger partial charge in [0.2, 0.25) is 0 Å². The van der Waals surface area contributed by atoms with E-state index in [1.165, 1.54) is 0 Å². The number of rotatable bonds is 5. The van der Waals surface area contributed by atoms with Gasteiger partial charge in [0.15, 0.2) is 0 Å². The maximum Gasteiger partial charge on any atom is 0.255 e. The minimum absolute atomic E-state index is 0.0789. The van der Waals surface area contributed by atoms with Crippen LogP contribution in [0.5, 0.6) is 0 Å². The second-order valence-electron chi connectivity index (χ2n) is 4.33. The number of amides is 1. The highest BCUT2D eigenvalue weighted by Gasteiger charge is 2.19. The molecule has 6 nitrogen and oxygen atoms in total. The van der Waals surface area contributed by atoms with Crippen LogP contribution in [0, 0.1) is 0 Å². The van der Waals surface area contributed by atoms with Crippen molar-refractivity contribution in [3.05, 3.63) is 23.9 Å². The predicted molar refractivity (Wildman–Crippen MR) is 73.5 cm³/mol. The van der Waals surface area contributed by atoms with Crippen molar-refractivity contribution in [2.24, 2.45) is 0 Å². The molecule has 6 heteroatoms. The summed E-state index contributed by atoms with van der Waals surface area (Å²) in [6, 6.07) is 3.60. The highest BCUT2D eigenvalue weighted by Crippen LogP contribution is 2.18. The SMILES string of the molecule is CNCCNC(=O)c1cccnc1N1CCOCC1. The van der Waals surface area contributed by atoms with Gasteiger partial charge in [-0.15, -0.1) is 0 Å². The Bertz CT molecular complexity index is 419. The molecule has 0 radical (unpaired) electrons. The van der Waals surface area contributed by atoms with Crippen molar-refractivity contribution in [2.75, 3.05) is 51.3 Å². The summed E-state index contributed by atoms with van der Waals surface area (Å²) in [6.45, 7) is 4.25. The summed E-state index contributed by atoms with van der Waals surface area (Å²) in [6.07, 6.45) is 1.72. The van der Waals surface area contributed by atoms with Gasteiger partial charge in [-0.2, -0.15) is 0 Å². The zero-order valence-electron chi connectivity index (χ0n) is 11.2. The number of morpholine rings is 1. The van der Waals surface area contributed by atoms with E-state index in [-0.39, 0.29) is 5.91 Å². The Morgan fingerprint density at radius 1 is 1.42 bits per heavy atom. The molecule has 1 fully saturated rings. The average molecular weight is 264 g/mol. The molecular weight excluding hydrogens is 244 g/mol. The standard InChI is InChI=1S/C13H20N4O2/c1-14-5-6-16-13(18)11-3-2-4-15-12(11)17-7-9-19-10-8-17/h2-4,14H,5-10H2,1H3,(H,16,18). The number of likely N-dealkylation sites (N-methyl/N-ethyl adjacent to an activating group) is 1. The Balaban J connectivity index is 2.08. The van der Waals surface area contributed by atoms with Crippen LogP contribution in [0.4, 0.5) is 5.82 Å². The van der Waals surface area contributed by atoms with E-state index in [0.717, 1.165) is 25.5 Å².